The normalized spacial score (nSPS) is 39.0. The van der Waals surface area contributed by atoms with Crippen LogP contribution in [0.15, 0.2) is 0 Å². The first-order valence-corrected chi connectivity index (χ1v) is 6.15. The topological polar surface area (TPSA) is 0 Å². The Morgan fingerprint density at radius 2 is 2.00 bits per heavy atom. The third-order valence-corrected chi connectivity index (χ3v) is 4.73. The zero-order chi connectivity index (χ0) is 8.32. The van der Waals surface area contributed by atoms with E-state index in [-0.39, 0.29) is 4.08 Å². The minimum Gasteiger partial charge on any atom is -0.176 e. The number of hydrogen-bond donors (Lipinski definition) is 2. The van der Waals surface area contributed by atoms with Gasteiger partial charge in [-0.15, -0.1) is 11.8 Å². The molecule has 1 fully saturated rings. The largest absolute Gasteiger partial charge is 0.176 e. The van der Waals surface area contributed by atoms with Crippen molar-refractivity contribution >= 4 is 37.0 Å². The third-order valence-electron chi connectivity index (χ3n) is 2.15. The van der Waals surface area contributed by atoms with E-state index < -0.39 is 0 Å². The molecular weight excluding hydrogens is 192 g/mol. The molecule has 0 saturated heterocycles. The Morgan fingerprint density at radius 1 is 1.45 bits per heavy atom. The quantitative estimate of drug-likeness (QED) is 0.519. The maximum Gasteiger partial charge on any atom is 0.0582 e. The van der Waals surface area contributed by atoms with E-state index in [4.69, 9.17) is 12.6 Å². The molecule has 11 heavy (non-hydrogen) atoms. The Balaban J connectivity index is 2.35. The lowest BCUT2D eigenvalue weighted by Crippen LogP contribution is -2.25. The van der Waals surface area contributed by atoms with Gasteiger partial charge in [-0.1, -0.05) is 6.92 Å². The van der Waals surface area contributed by atoms with Crippen LogP contribution in [0, 0.1) is 0 Å². The van der Waals surface area contributed by atoms with E-state index in [1.807, 2.05) is 11.8 Å². The van der Waals surface area contributed by atoms with Crippen LogP contribution >= 0.6 is 37.0 Å². The van der Waals surface area contributed by atoms with Gasteiger partial charge in [0.1, 0.15) is 0 Å². The Morgan fingerprint density at radius 3 is 2.45 bits per heavy atom. The van der Waals surface area contributed by atoms with Crippen LogP contribution in [-0.4, -0.2) is 15.1 Å². The lowest BCUT2D eigenvalue weighted by atomic mass is 9.99. The predicted octanol–water partition coefficient (Wildman–Crippen LogP) is 3.24. The molecule has 0 bridgehead atoms. The summed E-state index contributed by atoms with van der Waals surface area (Å²) in [5.41, 5.74) is 0. The summed E-state index contributed by atoms with van der Waals surface area (Å²) in [4.78, 5) is 0. The summed E-state index contributed by atoms with van der Waals surface area (Å²) in [5, 5.41) is 0.632. The Kier molecular flexibility index (Phi) is 3.99. The summed E-state index contributed by atoms with van der Waals surface area (Å²) in [6.07, 6.45) is 4.92. The van der Waals surface area contributed by atoms with E-state index in [9.17, 15) is 0 Å². The molecule has 1 aliphatic carbocycles. The first-order valence-electron chi connectivity index (χ1n) is 4.21. The molecule has 0 nitrogen and oxygen atoms in total. The van der Waals surface area contributed by atoms with E-state index in [1.165, 1.54) is 31.4 Å². The van der Waals surface area contributed by atoms with Crippen LogP contribution in [0.4, 0.5) is 0 Å². The van der Waals surface area contributed by atoms with Crippen molar-refractivity contribution in [3.63, 3.8) is 0 Å². The van der Waals surface area contributed by atoms with Gasteiger partial charge in [-0.2, -0.15) is 25.3 Å². The van der Waals surface area contributed by atoms with Gasteiger partial charge in [-0.25, -0.2) is 0 Å². The summed E-state index contributed by atoms with van der Waals surface area (Å²) in [6, 6.07) is 0. The van der Waals surface area contributed by atoms with Crippen molar-refractivity contribution in [1.82, 2.24) is 0 Å². The molecule has 0 aliphatic heterocycles. The Labute approximate surface area is 84.7 Å². The van der Waals surface area contributed by atoms with Crippen LogP contribution < -0.4 is 0 Å². The second-order valence-electron chi connectivity index (χ2n) is 3.11. The van der Waals surface area contributed by atoms with E-state index in [0.29, 0.717) is 5.25 Å². The van der Waals surface area contributed by atoms with Gasteiger partial charge in [0.05, 0.1) is 4.08 Å². The van der Waals surface area contributed by atoms with Crippen molar-refractivity contribution in [2.75, 3.05) is 5.75 Å². The van der Waals surface area contributed by atoms with E-state index in [1.54, 1.807) is 0 Å². The van der Waals surface area contributed by atoms with Crippen LogP contribution in [0.25, 0.3) is 0 Å². The second kappa shape index (κ2) is 4.33. The van der Waals surface area contributed by atoms with Crippen molar-refractivity contribution in [2.45, 2.75) is 41.9 Å². The van der Waals surface area contributed by atoms with E-state index >= 15 is 0 Å². The van der Waals surface area contributed by atoms with Gasteiger partial charge >= 0.3 is 0 Å². The van der Waals surface area contributed by atoms with Crippen LogP contribution in [0.3, 0.4) is 0 Å². The molecule has 1 saturated carbocycles. The zero-order valence-electron chi connectivity index (χ0n) is 6.92. The lowest BCUT2D eigenvalue weighted by Gasteiger charge is -2.34. The van der Waals surface area contributed by atoms with Crippen molar-refractivity contribution < 1.29 is 0 Å². The second-order valence-corrected chi connectivity index (χ2v) is 6.65. The zero-order valence-corrected chi connectivity index (χ0v) is 9.52. The minimum absolute atomic E-state index is 0.272. The highest BCUT2D eigenvalue weighted by Gasteiger charge is 2.30. The standard InChI is InChI=1S/C8H16S3/c1-2-11-8(10)5-3-7(9)4-6-8/h7,9-10H,2-6H2,1H3. The van der Waals surface area contributed by atoms with E-state index in [0.717, 1.165) is 0 Å². The van der Waals surface area contributed by atoms with Crippen molar-refractivity contribution in [3.05, 3.63) is 0 Å². The highest BCUT2D eigenvalue weighted by Crippen LogP contribution is 2.43. The summed E-state index contributed by atoms with van der Waals surface area (Å²) in [5.74, 6) is 1.18. The van der Waals surface area contributed by atoms with Gasteiger partial charge in [-0.05, 0) is 31.4 Å². The molecule has 0 atom stereocenters. The van der Waals surface area contributed by atoms with Gasteiger partial charge in [0.25, 0.3) is 0 Å². The van der Waals surface area contributed by atoms with Crippen molar-refractivity contribution in [3.8, 4) is 0 Å². The Bertz CT molecular complexity index is 117. The highest BCUT2D eigenvalue weighted by atomic mass is 32.2. The van der Waals surface area contributed by atoms with Gasteiger partial charge in [0, 0.05) is 5.25 Å². The molecule has 0 heterocycles. The fourth-order valence-corrected chi connectivity index (χ4v) is 3.43. The molecule has 1 rings (SSSR count). The van der Waals surface area contributed by atoms with E-state index in [2.05, 4.69) is 19.6 Å². The molecule has 3 heteroatoms. The molecule has 0 spiro atoms. The van der Waals surface area contributed by atoms with Crippen molar-refractivity contribution in [1.29, 1.82) is 0 Å². The van der Waals surface area contributed by atoms with Gasteiger partial charge in [-0.3, -0.25) is 0 Å². The van der Waals surface area contributed by atoms with Crippen LogP contribution in [0.2, 0.25) is 0 Å². The minimum atomic E-state index is 0.272. The summed E-state index contributed by atoms with van der Waals surface area (Å²) >= 11 is 11.2. The van der Waals surface area contributed by atoms with Crippen LogP contribution in [0.1, 0.15) is 32.6 Å². The monoisotopic (exact) mass is 208 g/mol. The fraction of sp³-hybridized carbons (Fsp3) is 1.00. The highest BCUT2D eigenvalue weighted by molar-refractivity contribution is 8.11. The first-order chi connectivity index (χ1) is 5.16. The predicted molar refractivity (Wildman–Crippen MR) is 61.1 cm³/mol. The number of thiol groups is 2. The van der Waals surface area contributed by atoms with Gasteiger partial charge in [0.15, 0.2) is 0 Å². The average molecular weight is 208 g/mol. The van der Waals surface area contributed by atoms with Crippen LogP contribution in [-0.2, 0) is 0 Å². The molecule has 0 N–H and O–H groups in total. The SMILES string of the molecule is CCSC1(S)CCC(S)CC1. The molecular formula is C8H16S3. The summed E-state index contributed by atoms with van der Waals surface area (Å²) < 4.78 is 0.272. The molecule has 0 unspecified atom stereocenters. The number of hydrogen-bond acceptors (Lipinski definition) is 3. The molecule has 0 radical (unpaired) electrons. The average Bonchev–Trinajstić information content (AvgIpc) is 1.97. The summed E-state index contributed by atoms with van der Waals surface area (Å²) in [6.45, 7) is 2.20. The smallest absolute Gasteiger partial charge is 0.0582 e. The molecule has 1 aliphatic rings. The maximum absolute atomic E-state index is 4.70. The molecule has 0 aromatic heterocycles. The van der Waals surface area contributed by atoms with Gasteiger partial charge < -0.3 is 0 Å². The Hall–Kier alpha value is 1.05. The van der Waals surface area contributed by atoms with Crippen LogP contribution in [0.5, 0.6) is 0 Å². The number of thioether (sulfide) groups is 1. The van der Waals surface area contributed by atoms with Gasteiger partial charge in [0.2, 0.25) is 0 Å². The molecule has 0 aromatic carbocycles. The number of rotatable bonds is 2. The molecule has 0 aromatic rings. The lowest BCUT2D eigenvalue weighted by molar-refractivity contribution is 0.506. The summed E-state index contributed by atoms with van der Waals surface area (Å²) in [7, 11) is 0. The fourth-order valence-electron chi connectivity index (χ4n) is 1.47. The third kappa shape index (κ3) is 3.11. The maximum atomic E-state index is 4.70. The molecule has 66 valence electrons. The first kappa shape index (κ1) is 10.1. The molecule has 0 amide bonds. The van der Waals surface area contributed by atoms with Crippen molar-refractivity contribution in [2.24, 2.45) is 0 Å².